The fourth-order valence-electron chi connectivity index (χ4n) is 3.84. The smallest absolute Gasteiger partial charge is 0.229 e. The van der Waals surface area contributed by atoms with Crippen LogP contribution in [0.15, 0.2) is 12.4 Å². The first kappa shape index (κ1) is 21.2. The van der Waals surface area contributed by atoms with Gasteiger partial charge in [0.05, 0.1) is 18.9 Å². The van der Waals surface area contributed by atoms with Crippen molar-refractivity contribution in [2.24, 2.45) is 0 Å². The van der Waals surface area contributed by atoms with Crippen molar-refractivity contribution in [1.82, 2.24) is 24.8 Å². The normalized spacial score (nSPS) is 20.8. The fraction of sp³-hybridized carbons (Fsp3) is 0.571. The van der Waals surface area contributed by atoms with Gasteiger partial charge in [0.2, 0.25) is 23.7 Å². The number of hydrogen-bond donors (Lipinski definition) is 1. The van der Waals surface area contributed by atoms with Crippen LogP contribution in [0.5, 0.6) is 5.88 Å². The molecule has 10 heteroatoms. The Morgan fingerprint density at radius 1 is 1.26 bits per heavy atom. The summed E-state index contributed by atoms with van der Waals surface area (Å²) in [5.41, 5.74) is 8.11. The van der Waals surface area contributed by atoms with Crippen LogP contribution in [0.25, 0.3) is 11.3 Å². The van der Waals surface area contributed by atoms with E-state index in [1.54, 1.807) is 24.2 Å². The van der Waals surface area contributed by atoms with Crippen LogP contribution in [0.2, 0.25) is 0 Å². The molecule has 1 saturated heterocycles. The van der Waals surface area contributed by atoms with Gasteiger partial charge in [-0.3, -0.25) is 4.79 Å². The van der Waals surface area contributed by atoms with Crippen LogP contribution >= 0.6 is 0 Å². The van der Waals surface area contributed by atoms with Gasteiger partial charge in [0.1, 0.15) is 6.10 Å². The Labute approximate surface area is 181 Å². The lowest BCUT2D eigenvalue weighted by atomic mass is 9.88. The molecule has 1 aliphatic carbocycles. The van der Waals surface area contributed by atoms with Crippen LogP contribution in [0.4, 0.5) is 11.9 Å². The molecule has 166 valence electrons. The molecular weight excluding hydrogens is 398 g/mol. The van der Waals surface area contributed by atoms with E-state index in [1.165, 1.54) is 0 Å². The molecule has 31 heavy (non-hydrogen) atoms. The number of anilines is 2. The Balaban J connectivity index is 1.65. The fourth-order valence-corrected chi connectivity index (χ4v) is 3.84. The van der Waals surface area contributed by atoms with E-state index in [1.807, 2.05) is 7.05 Å². The van der Waals surface area contributed by atoms with Crippen molar-refractivity contribution in [3.05, 3.63) is 18.0 Å². The van der Waals surface area contributed by atoms with Gasteiger partial charge in [0.25, 0.3) is 0 Å². The van der Waals surface area contributed by atoms with E-state index >= 15 is 0 Å². The van der Waals surface area contributed by atoms with E-state index in [0.29, 0.717) is 31.5 Å². The summed E-state index contributed by atoms with van der Waals surface area (Å²) in [6.07, 6.45) is 5.64. The number of amides is 1. The average Bonchev–Trinajstić information content (AvgIpc) is 2.76. The van der Waals surface area contributed by atoms with Gasteiger partial charge in [0.15, 0.2) is 0 Å². The SMILES string of the molecule is CCc1c(OC2CC(N(C)C(C)=O)C2)nc(N2CCOCC2)nc1-c1cnc(N)nc1. The molecule has 3 heterocycles. The summed E-state index contributed by atoms with van der Waals surface area (Å²) in [5.74, 6) is 1.48. The second-order valence-electron chi connectivity index (χ2n) is 7.93. The monoisotopic (exact) mass is 427 g/mol. The standard InChI is InChI=1S/C21H29N7O3/c1-4-17-18(14-11-23-20(22)24-12-14)25-21(28-5-7-30-8-6-28)26-19(17)31-16-9-15(10-16)27(3)13(2)29/h11-12,15-16H,4-10H2,1-3H3,(H2,22,23,24). The molecule has 0 spiro atoms. The van der Waals surface area contributed by atoms with E-state index < -0.39 is 0 Å². The van der Waals surface area contributed by atoms with E-state index in [0.717, 1.165) is 42.8 Å². The molecule has 0 aromatic carbocycles. The minimum atomic E-state index is 0.0139. The van der Waals surface area contributed by atoms with Crippen molar-refractivity contribution >= 4 is 17.8 Å². The number of carbonyl (C=O) groups is 1. The third-order valence-electron chi connectivity index (χ3n) is 5.94. The van der Waals surface area contributed by atoms with Crippen molar-refractivity contribution in [3.8, 4) is 17.1 Å². The van der Waals surface area contributed by atoms with Gasteiger partial charge in [0, 0.05) is 69.5 Å². The molecule has 1 amide bonds. The predicted octanol–water partition coefficient (Wildman–Crippen LogP) is 1.30. The molecule has 2 N–H and O–H groups in total. The molecule has 10 nitrogen and oxygen atoms in total. The average molecular weight is 428 g/mol. The molecule has 0 unspecified atom stereocenters. The van der Waals surface area contributed by atoms with Crippen LogP contribution in [0, 0.1) is 0 Å². The highest BCUT2D eigenvalue weighted by atomic mass is 16.5. The van der Waals surface area contributed by atoms with Crippen LogP contribution in [0.1, 0.15) is 32.3 Å². The lowest BCUT2D eigenvalue weighted by Gasteiger charge is -2.40. The molecular formula is C21H29N7O3. The topological polar surface area (TPSA) is 120 Å². The molecule has 0 bridgehead atoms. The van der Waals surface area contributed by atoms with Gasteiger partial charge in [-0.2, -0.15) is 4.98 Å². The third kappa shape index (κ3) is 4.53. The number of nitrogens with zero attached hydrogens (tertiary/aromatic N) is 6. The maximum atomic E-state index is 11.6. The van der Waals surface area contributed by atoms with Crippen LogP contribution in [-0.4, -0.2) is 76.2 Å². The first-order chi connectivity index (χ1) is 15.0. The quantitative estimate of drug-likeness (QED) is 0.727. The molecule has 1 aliphatic heterocycles. The second kappa shape index (κ2) is 9.01. The number of carbonyl (C=O) groups excluding carboxylic acids is 1. The highest BCUT2D eigenvalue weighted by molar-refractivity contribution is 5.73. The third-order valence-corrected chi connectivity index (χ3v) is 5.94. The molecule has 0 radical (unpaired) electrons. The van der Waals surface area contributed by atoms with E-state index in [2.05, 4.69) is 21.8 Å². The minimum absolute atomic E-state index is 0.0139. The van der Waals surface area contributed by atoms with Gasteiger partial charge in [-0.05, 0) is 6.42 Å². The number of aromatic nitrogens is 4. The number of ether oxygens (including phenoxy) is 2. The number of hydrogen-bond acceptors (Lipinski definition) is 9. The number of nitrogen functional groups attached to an aromatic ring is 1. The lowest BCUT2D eigenvalue weighted by molar-refractivity contribution is -0.133. The van der Waals surface area contributed by atoms with Crippen molar-refractivity contribution in [1.29, 1.82) is 0 Å². The summed E-state index contributed by atoms with van der Waals surface area (Å²) in [6, 6.07) is 0.207. The first-order valence-corrected chi connectivity index (χ1v) is 10.7. The summed E-state index contributed by atoms with van der Waals surface area (Å²) >= 11 is 0. The summed E-state index contributed by atoms with van der Waals surface area (Å²) in [4.78, 5) is 33.4. The minimum Gasteiger partial charge on any atom is -0.474 e. The summed E-state index contributed by atoms with van der Waals surface area (Å²) in [7, 11) is 1.83. The van der Waals surface area contributed by atoms with Crippen LogP contribution < -0.4 is 15.4 Å². The second-order valence-corrected chi connectivity index (χ2v) is 7.93. The van der Waals surface area contributed by atoms with Gasteiger partial charge in [-0.15, -0.1) is 0 Å². The van der Waals surface area contributed by atoms with Gasteiger partial charge < -0.3 is 25.0 Å². The van der Waals surface area contributed by atoms with Crippen LogP contribution in [0.3, 0.4) is 0 Å². The summed E-state index contributed by atoms with van der Waals surface area (Å²) in [6.45, 7) is 6.35. The van der Waals surface area contributed by atoms with Crippen molar-refractivity contribution < 1.29 is 14.3 Å². The summed E-state index contributed by atoms with van der Waals surface area (Å²) < 4.78 is 11.8. The molecule has 4 rings (SSSR count). The van der Waals surface area contributed by atoms with E-state index in [-0.39, 0.29) is 24.0 Å². The van der Waals surface area contributed by atoms with E-state index in [4.69, 9.17) is 25.2 Å². The Morgan fingerprint density at radius 3 is 2.55 bits per heavy atom. The Kier molecular flexibility index (Phi) is 6.17. The Morgan fingerprint density at radius 2 is 1.94 bits per heavy atom. The molecule has 0 atom stereocenters. The highest BCUT2D eigenvalue weighted by Crippen LogP contribution is 2.35. The maximum absolute atomic E-state index is 11.6. The van der Waals surface area contributed by atoms with Crippen LogP contribution in [-0.2, 0) is 16.0 Å². The molecule has 2 aliphatic rings. The largest absolute Gasteiger partial charge is 0.474 e. The van der Waals surface area contributed by atoms with Gasteiger partial charge in [-0.1, -0.05) is 6.92 Å². The number of rotatable bonds is 6. The molecule has 2 aromatic heterocycles. The lowest BCUT2D eigenvalue weighted by Crippen LogP contribution is -2.49. The van der Waals surface area contributed by atoms with Gasteiger partial charge >= 0.3 is 0 Å². The summed E-state index contributed by atoms with van der Waals surface area (Å²) in [5, 5.41) is 0. The maximum Gasteiger partial charge on any atom is 0.229 e. The predicted molar refractivity (Wildman–Crippen MR) is 116 cm³/mol. The first-order valence-electron chi connectivity index (χ1n) is 10.7. The van der Waals surface area contributed by atoms with E-state index in [9.17, 15) is 4.79 Å². The zero-order valence-electron chi connectivity index (χ0n) is 18.2. The number of nitrogens with two attached hydrogens (primary N) is 1. The van der Waals surface area contributed by atoms with Crippen molar-refractivity contribution in [2.45, 2.75) is 45.3 Å². The Bertz CT molecular complexity index is 925. The van der Waals surface area contributed by atoms with Crippen molar-refractivity contribution in [2.75, 3.05) is 44.0 Å². The molecule has 2 aromatic rings. The molecule has 2 fully saturated rings. The Hall–Kier alpha value is -3.01. The van der Waals surface area contributed by atoms with Gasteiger partial charge in [-0.25, -0.2) is 15.0 Å². The zero-order valence-corrected chi connectivity index (χ0v) is 18.2. The zero-order chi connectivity index (χ0) is 22.0. The molecule has 1 saturated carbocycles. The number of morpholine rings is 1. The highest BCUT2D eigenvalue weighted by Gasteiger charge is 2.36. The van der Waals surface area contributed by atoms with Crippen molar-refractivity contribution in [3.63, 3.8) is 0 Å².